The fourth-order valence-electron chi connectivity index (χ4n) is 5.41. The van der Waals surface area contributed by atoms with Crippen LogP contribution in [0.5, 0.6) is 0 Å². The number of nitrogens with zero attached hydrogens (tertiary/aromatic N) is 3. The molecule has 2 aromatic carbocycles. The Bertz CT molecular complexity index is 1740. The van der Waals surface area contributed by atoms with Crippen molar-refractivity contribution in [2.45, 2.75) is 52.2 Å². The van der Waals surface area contributed by atoms with Gasteiger partial charge in [-0.05, 0) is 63.3 Å². The van der Waals surface area contributed by atoms with Crippen LogP contribution in [0.1, 0.15) is 66.4 Å². The predicted molar refractivity (Wildman–Crippen MR) is 175 cm³/mol. The van der Waals surface area contributed by atoms with Crippen molar-refractivity contribution < 1.29 is 28.7 Å². The summed E-state index contributed by atoms with van der Waals surface area (Å²) in [6.07, 6.45) is 5.21. The molecule has 2 aromatic heterocycles. The normalized spacial score (nSPS) is 14.8. The van der Waals surface area contributed by atoms with Gasteiger partial charge in [-0.1, -0.05) is 42.5 Å². The van der Waals surface area contributed by atoms with Gasteiger partial charge in [0.25, 0.3) is 5.91 Å². The number of hydrogen-bond donors (Lipinski definition) is 2. The molecule has 0 unspecified atom stereocenters. The molecule has 1 saturated heterocycles. The Labute approximate surface area is 267 Å². The van der Waals surface area contributed by atoms with Crippen LogP contribution in [0.4, 0.5) is 21.9 Å². The van der Waals surface area contributed by atoms with E-state index in [1.54, 1.807) is 36.7 Å². The van der Waals surface area contributed by atoms with Crippen LogP contribution < -0.4 is 15.5 Å². The topological polar surface area (TPSA) is 140 Å². The molecular formula is C35H37N5O6. The maximum absolute atomic E-state index is 13.8. The monoisotopic (exact) mass is 623 g/mol. The Kier molecular flexibility index (Phi) is 9.90. The minimum atomic E-state index is -0.755. The molecule has 1 atom stereocenters. The van der Waals surface area contributed by atoms with Crippen LogP contribution in [0.15, 0.2) is 73.1 Å². The van der Waals surface area contributed by atoms with Gasteiger partial charge in [0.15, 0.2) is 5.69 Å². The van der Waals surface area contributed by atoms with Crippen molar-refractivity contribution >= 4 is 52.2 Å². The fraction of sp³-hybridized carbons (Fsp3) is 0.314. The molecule has 3 heterocycles. The summed E-state index contributed by atoms with van der Waals surface area (Å²) in [7, 11) is 0. The number of benzene rings is 2. The van der Waals surface area contributed by atoms with E-state index in [0.29, 0.717) is 41.4 Å². The molecule has 0 bridgehead atoms. The zero-order valence-corrected chi connectivity index (χ0v) is 26.1. The van der Waals surface area contributed by atoms with Gasteiger partial charge in [-0.15, -0.1) is 0 Å². The van der Waals surface area contributed by atoms with E-state index in [1.807, 2.05) is 57.2 Å². The fourth-order valence-corrected chi connectivity index (χ4v) is 5.41. The highest BCUT2D eigenvalue weighted by atomic mass is 16.6. The first-order valence-electron chi connectivity index (χ1n) is 15.2. The van der Waals surface area contributed by atoms with Crippen LogP contribution in [0.3, 0.4) is 0 Å². The molecule has 1 aliphatic heterocycles. The number of piperidine rings is 1. The van der Waals surface area contributed by atoms with Gasteiger partial charge in [-0.2, -0.15) is 0 Å². The quantitative estimate of drug-likeness (QED) is 0.160. The lowest BCUT2D eigenvalue weighted by molar-refractivity contribution is -0.156. The average molecular weight is 624 g/mol. The third-order valence-corrected chi connectivity index (χ3v) is 7.42. The van der Waals surface area contributed by atoms with Crippen molar-refractivity contribution in [2.24, 2.45) is 5.92 Å². The third-order valence-electron chi connectivity index (χ3n) is 7.42. The van der Waals surface area contributed by atoms with E-state index in [0.717, 1.165) is 30.6 Å². The summed E-state index contributed by atoms with van der Waals surface area (Å²) in [5.41, 5.74) is 2.34. The standard InChI is InChI=1S/C35H37N5O6/c1-35(2,3)46-31(42)17-24-10-7-15-40(20-24)30-13-14-36-19-29(30)38-33(43)32-28(18-26-12-11-25(21-41)16-27(26)37-32)39-34(44)45-22-23-8-5-4-6-9-23/h4-6,8-9,11-14,16,18-19,21,24H,7,10,15,17,20,22H2,1-3H3,(H,38,43)(H,39,44)/t24-/m1/s1. The van der Waals surface area contributed by atoms with Crippen LogP contribution in [-0.4, -0.2) is 52.9 Å². The van der Waals surface area contributed by atoms with Crippen molar-refractivity contribution in [1.29, 1.82) is 0 Å². The Morgan fingerprint density at radius 2 is 1.83 bits per heavy atom. The van der Waals surface area contributed by atoms with E-state index < -0.39 is 17.6 Å². The van der Waals surface area contributed by atoms with E-state index in [4.69, 9.17) is 9.47 Å². The van der Waals surface area contributed by atoms with Crippen LogP contribution in [0, 0.1) is 5.92 Å². The van der Waals surface area contributed by atoms with Crippen molar-refractivity contribution in [3.05, 3.63) is 89.9 Å². The Balaban J connectivity index is 1.37. The number of hydrogen-bond acceptors (Lipinski definition) is 9. The average Bonchev–Trinajstić information content (AvgIpc) is 3.03. The number of rotatable bonds is 9. The number of nitrogens with one attached hydrogen (secondary N) is 2. The van der Waals surface area contributed by atoms with Crippen LogP contribution in [-0.2, 0) is 20.9 Å². The smallest absolute Gasteiger partial charge is 0.412 e. The number of carbonyl (C=O) groups excluding carboxylic acids is 4. The van der Waals surface area contributed by atoms with Gasteiger partial charge in [0.1, 0.15) is 18.5 Å². The molecule has 0 saturated carbocycles. The molecule has 238 valence electrons. The van der Waals surface area contributed by atoms with Crippen molar-refractivity contribution in [3.8, 4) is 0 Å². The van der Waals surface area contributed by atoms with E-state index in [1.165, 1.54) is 0 Å². The highest BCUT2D eigenvalue weighted by Gasteiger charge is 2.27. The summed E-state index contributed by atoms with van der Waals surface area (Å²) >= 11 is 0. The molecule has 2 amide bonds. The largest absolute Gasteiger partial charge is 0.460 e. The minimum Gasteiger partial charge on any atom is -0.460 e. The van der Waals surface area contributed by atoms with Crippen LogP contribution >= 0.6 is 0 Å². The maximum atomic E-state index is 13.8. The first-order valence-corrected chi connectivity index (χ1v) is 15.2. The Morgan fingerprint density at radius 1 is 1.02 bits per heavy atom. The third kappa shape index (κ3) is 8.44. The Hall–Kier alpha value is -5.32. The van der Waals surface area contributed by atoms with Crippen molar-refractivity contribution in [1.82, 2.24) is 9.97 Å². The van der Waals surface area contributed by atoms with E-state index in [-0.39, 0.29) is 29.9 Å². The minimum absolute atomic E-state index is 0.0434. The lowest BCUT2D eigenvalue weighted by atomic mass is 9.94. The molecule has 0 radical (unpaired) electrons. The molecule has 0 spiro atoms. The lowest BCUT2D eigenvalue weighted by Crippen LogP contribution is -2.37. The number of anilines is 3. The van der Waals surface area contributed by atoms with Crippen LogP contribution in [0.2, 0.25) is 0 Å². The predicted octanol–water partition coefficient (Wildman–Crippen LogP) is 6.39. The molecular weight excluding hydrogens is 586 g/mol. The zero-order valence-electron chi connectivity index (χ0n) is 26.1. The highest BCUT2D eigenvalue weighted by Crippen LogP contribution is 2.32. The summed E-state index contributed by atoms with van der Waals surface area (Å²) in [4.78, 5) is 61.5. The molecule has 0 aliphatic carbocycles. The summed E-state index contributed by atoms with van der Waals surface area (Å²) in [6, 6.07) is 17.6. The second-order valence-corrected chi connectivity index (χ2v) is 12.2. The number of fused-ring (bicyclic) bond motifs is 1. The summed E-state index contributed by atoms with van der Waals surface area (Å²) in [6.45, 7) is 6.94. The molecule has 11 nitrogen and oxygen atoms in total. The van der Waals surface area contributed by atoms with Gasteiger partial charge in [-0.25, -0.2) is 9.78 Å². The van der Waals surface area contributed by atoms with Gasteiger partial charge in [0, 0.05) is 30.2 Å². The first-order chi connectivity index (χ1) is 22.1. The van der Waals surface area contributed by atoms with Gasteiger partial charge in [0.05, 0.1) is 35.2 Å². The highest BCUT2D eigenvalue weighted by molar-refractivity contribution is 6.11. The van der Waals surface area contributed by atoms with E-state index in [2.05, 4.69) is 25.5 Å². The molecule has 1 aliphatic rings. The number of esters is 1. The SMILES string of the molecule is CC(C)(C)OC(=O)C[C@H]1CCCN(c2ccncc2NC(=O)c2nc3cc(C=O)ccc3cc2NC(=O)OCc2ccccc2)C1. The maximum Gasteiger partial charge on any atom is 0.412 e. The van der Waals surface area contributed by atoms with Gasteiger partial charge >= 0.3 is 12.1 Å². The zero-order chi connectivity index (χ0) is 32.7. The van der Waals surface area contributed by atoms with Crippen molar-refractivity contribution in [2.75, 3.05) is 28.6 Å². The van der Waals surface area contributed by atoms with Crippen molar-refractivity contribution in [3.63, 3.8) is 0 Å². The molecule has 4 aromatic rings. The summed E-state index contributed by atoms with van der Waals surface area (Å²) < 4.78 is 10.9. The molecule has 11 heteroatoms. The first kappa shape index (κ1) is 32.1. The summed E-state index contributed by atoms with van der Waals surface area (Å²) in [5.74, 6) is -0.731. The molecule has 5 rings (SSSR count). The molecule has 46 heavy (non-hydrogen) atoms. The number of aromatic nitrogens is 2. The number of ether oxygens (including phenoxy) is 2. The summed E-state index contributed by atoms with van der Waals surface area (Å²) in [5, 5.41) is 6.20. The number of amides is 2. The van der Waals surface area contributed by atoms with Gasteiger partial charge < -0.3 is 19.7 Å². The van der Waals surface area contributed by atoms with Crippen LogP contribution in [0.25, 0.3) is 10.9 Å². The number of pyridine rings is 2. The second-order valence-electron chi connectivity index (χ2n) is 12.2. The van der Waals surface area contributed by atoms with E-state index >= 15 is 0 Å². The lowest BCUT2D eigenvalue weighted by Gasteiger charge is -2.35. The second kappa shape index (κ2) is 14.2. The molecule has 1 fully saturated rings. The molecule has 2 N–H and O–H groups in total. The van der Waals surface area contributed by atoms with Gasteiger partial charge in [-0.3, -0.25) is 24.7 Å². The Morgan fingerprint density at radius 3 is 2.59 bits per heavy atom. The van der Waals surface area contributed by atoms with E-state index in [9.17, 15) is 19.2 Å². The number of aldehydes is 1. The van der Waals surface area contributed by atoms with Gasteiger partial charge in [0.2, 0.25) is 0 Å². The number of carbonyl (C=O) groups is 4.